The Morgan fingerprint density at radius 2 is 1.68 bits per heavy atom. The van der Waals surface area contributed by atoms with E-state index in [4.69, 9.17) is 9.47 Å². The minimum Gasteiger partial charge on any atom is -0.350 e. The Hall–Kier alpha value is -1.43. The number of rotatable bonds is 3. The predicted octanol–water partition coefficient (Wildman–Crippen LogP) is 4.59. The first-order valence-electron chi connectivity index (χ1n) is 10.2. The number of hydrogen-bond donors (Lipinski definition) is 0. The van der Waals surface area contributed by atoms with Crippen LogP contribution in [0.2, 0.25) is 0 Å². The molecule has 4 rings (SSSR count). The van der Waals surface area contributed by atoms with E-state index in [0.29, 0.717) is 41.3 Å². The second kappa shape index (κ2) is 7.12. The molecule has 0 spiro atoms. The maximum absolute atomic E-state index is 13.5. The highest BCUT2D eigenvalue weighted by Gasteiger charge is 2.48. The normalized spacial score (nSPS) is 33.1. The third-order valence-corrected chi connectivity index (χ3v) is 8.76. The van der Waals surface area contributed by atoms with Gasteiger partial charge in [0.05, 0.1) is 23.0 Å². The zero-order valence-electron chi connectivity index (χ0n) is 17.1. The summed E-state index contributed by atoms with van der Waals surface area (Å²) in [5.41, 5.74) is 1.00. The molecule has 4 nitrogen and oxygen atoms in total. The van der Waals surface area contributed by atoms with Gasteiger partial charge in [-0.1, -0.05) is 44.2 Å². The van der Waals surface area contributed by atoms with E-state index in [0.717, 1.165) is 5.57 Å². The molecule has 5 heteroatoms. The summed E-state index contributed by atoms with van der Waals surface area (Å²) in [5, 5.41) is 0. The average molecular weight is 403 g/mol. The summed E-state index contributed by atoms with van der Waals surface area (Å²) in [7, 11) is -3.50. The topological polar surface area (TPSA) is 52.6 Å². The third-order valence-electron chi connectivity index (χ3n) is 6.81. The lowest BCUT2D eigenvalue weighted by molar-refractivity contribution is -0.269. The lowest BCUT2D eigenvalue weighted by Gasteiger charge is -2.42. The zero-order valence-corrected chi connectivity index (χ0v) is 17.9. The Balaban J connectivity index is 1.72. The molecule has 2 unspecified atom stereocenters. The third kappa shape index (κ3) is 3.38. The Labute approximate surface area is 168 Å². The molecule has 1 aliphatic heterocycles. The molecule has 28 heavy (non-hydrogen) atoms. The largest absolute Gasteiger partial charge is 0.350 e. The lowest BCUT2D eigenvalue weighted by Crippen LogP contribution is -2.44. The summed E-state index contributed by atoms with van der Waals surface area (Å²) in [6.07, 6.45) is 4.80. The standard InChI is InChI=1S/C23H30O4S/c1-15-10-11-19-21(28(24,25)18-8-6-5-7-9-18)12-20(22(19)16(15)2)17-13-26-23(3,4)27-14-17/h5-11,15-17,20,22H,12-14H2,1-4H3/t15-,16-,20?,22?/m0/s1. The van der Waals surface area contributed by atoms with Crippen LogP contribution >= 0.6 is 0 Å². The Bertz CT molecular complexity index is 888. The van der Waals surface area contributed by atoms with Crippen LogP contribution in [-0.4, -0.2) is 27.4 Å². The van der Waals surface area contributed by atoms with Crippen LogP contribution in [0.15, 0.2) is 57.9 Å². The van der Waals surface area contributed by atoms with Crippen molar-refractivity contribution in [2.45, 2.75) is 44.8 Å². The fourth-order valence-corrected chi connectivity index (χ4v) is 6.66. The van der Waals surface area contributed by atoms with Gasteiger partial charge in [0.15, 0.2) is 5.79 Å². The first kappa shape index (κ1) is 19.9. The van der Waals surface area contributed by atoms with Gasteiger partial charge in [-0.05, 0) is 61.6 Å². The lowest BCUT2D eigenvalue weighted by atomic mass is 9.68. The summed E-state index contributed by atoms with van der Waals surface area (Å²) >= 11 is 0. The van der Waals surface area contributed by atoms with Gasteiger partial charge in [0.25, 0.3) is 0 Å². The summed E-state index contributed by atoms with van der Waals surface area (Å²) in [6, 6.07) is 8.81. The molecule has 1 heterocycles. The Morgan fingerprint density at radius 3 is 2.32 bits per heavy atom. The molecule has 0 amide bonds. The molecule has 1 saturated heterocycles. The fraction of sp³-hybridized carbons (Fsp3) is 0.565. The van der Waals surface area contributed by atoms with Gasteiger partial charge in [0.1, 0.15) is 0 Å². The fourth-order valence-electron chi connectivity index (χ4n) is 4.93. The molecule has 0 aromatic heterocycles. The van der Waals surface area contributed by atoms with Crippen LogP contribution in [0.25, 0.3) is 0 Å². The smallest absolute Gasteiger partial charge is 0.203 e. The van der Waals surface area contributed by atoms with E-state index in [9.17, 15) is 8.42 Å². The molecule has 3 aliphatic rings. The van der Waals surface area contributed by atoms with E-state index >= 15 is 0 Å². The molecular weight excluding hydrogens is 372 g/mol. The van der Waals surface area contributed by atoms with Crippen LogP contribution in [0, 0.1) is 29.6 Å². The number of benzene rings is 1. The molecule has 0 radical (unpaired) electrons. The van der Waals surface area contributed by atoms with E-state index < -0.39 is 15.6 Å². The van der Waals surface area contributed by atoms with Crippen molar-refractivity contribution in [1.82, 2.24) is 0 Å². The number of sulfone groups is 1. The Morgan fingerprint density at radius 1 is 1.04 bits per heavy atom. The molecule has 4 atom stereocenters. The van der Waals surface area contributed by atoms with Crippen molar-refractivity contribution < 1.29 is 17.9 Å². The number of fused-ring (bicyclic) bond motifs is 1. The van der Waals surface area contributed by atoms with Crippen LogP contribution in [0.3, 0.4) is 0 Å². The molecule has 0 saturated carbocycles. The molecule has 1 aromatic rings. The predicted molar refractivity (Wildman–Crippen MR) is 109 cm³/mol. The molecule has 0 N–H and O–H groups in total. The Kier molecular flexibility index (Phi) is 5.05. The van der Waals surface area contributed by atoms with Gasteiger partial charge in [0.2, 0.25) is 9.84 Å². The van der Waals surface area contributed by atoms with Crippen LogP contribution in [0.5, 0.6) is 0 Å². The summed E-state index contributed by atoms with van der Waals surface area (Å²) in [6.45, 7) is 9.56. The molecule has 152 valence electrons. The quantitative estimate of drug-likeness (QED) is 0.742. The van der Waals surface area contributed by atoms with E-state index in [1.54, 1.807) is 24.3 Å². The van der Waals surface area contributed by atoms with Gasteiger partial charge in [-0.25, -0.2) is 8.42 Å². The molecule has 1 fully saturated rings. The SMILES string of the molecule is C[C@@H]1C2C(=C(S(=O)(=O)c3ccccc3)CC2C2COC(C)(C)OC2)C=C[C@@H]1C. The van der Waals surface area contributed by atoms with E-state index in [-0.39, 0.29) is 17.8 Å². The summed E-state index contributed by atoms with van der Waals surface area (Å²) in [5.74, 6) is 0.919. The molecular formula is C23H30O4S. The second-order valence-electron chi connectivity index (χ2n) is 8.95. The molecule has 2 aliphatic carbocycles. The summed E-state index contributed by atoms with van der Waals surface area (Å²) < 4.78 is 38.8. The van der Waals surface area contributed by atoms with Gasteiger partial charge in [-0.15, -0.1) is 0 Å². The van der Waals surface area contributed by atoms with Crippen molar-refractivity contribution in [2.75, 3.05) is 13.2 Å². The monoisotopic (exact) mass is 402 g/mol. The minimum atomic E-state index is -3.50. The van der Waals surface area contributed by atoms with Crippen LogP contribution in [0.1, 0.15) is 34.1 Å². The minimum absolute atomic E-state index is 0.206. The first-order chi connectivity index (χ1) is 13.2. The number of allylic oxidation sites excluding steroid dienone is 4. The highest BCUT2D eigenvalue weighted by Crippen LogP contribution is 2.52. The van der Waals surface area contributed by atoms with E-state index in [1.165, 1.54) is 0 Å². The van der Waals surface area contributed by atoms with Crippen LogP contribution in [-0.2, 0) is 19.3 Å². The molecule has 0 bridgehead atoms. The van der Waals surface area contributed by atoms with Gasteiger partial charge in [-0.3, -0.25) is 0 Å². The number of hydrogen-bond acceptors (Lipinski definition) is 4. The van der Waals surface area contributed by atoms with Crippen molar-refractivity contribution in [3.8, 4) is 0 Å². The van der Waals surface area contributed by atoms with Crippen molar-refractivity contribution >= 4 is 9.84 Å². The highest BCUT2D eigenvalue weighted by molar-refractivity contribution is 7.95. The van der Waals surface area contributed by atoms with E-state index in [1.807, 2.05) is 19.9 Å². The first-order valence-corrected chi connectivity index (χ1v) is 11.7. The van der Waals surface area contributed by atoms with E-state index in [2.05, 4.69) is 26.0 Å². The van der Waals surface area contributed by atoms with Crippen molar-refractivity contribution in [1.29, 1.82) is 0 Å². The maximum Gasteiger partial charge on any atom is 0.203 e. The van der Waals surface area contributed by atoms with Gasteiger partial charge in [-0.2, -0.15) is 0 Å². The highest BCUT2D eigenvalue weighted by atomic mass is 32.2. The maximum atomic E-state index is 13.5. The van der Waals surface area contributed by atoms with Crippen molar-refractivity contribution in [3.63, 3.8) is 0 Å². The van der Waals surface area contributed by atoms with Crippen molar-refractivity contribution in [3.05, 3.63) is 53.0 Å². The second-order valence-corrected chi connectivity index (χ2v) is 10.9. The van der Waals surface area contributed by atoms with Gasteiger partial charge >= 0.3 is 0 Å². The number of ether oxygens (including phenoxy) is 2. The zero-order chi connectivity index (χ0) is 20.1. The van der Waals surface area contributed by atoms with Gasteiger partial charge < -0.3 is 9.47 Å². The summed E-state index contributed by atoms with van der Waals surface area (Å²) in [4.78, 5) is 0.974. The van der Waals surface area contributed by atoms with Crippen LogP contribution in [0.4, 0.5) is 0 Å². The van der Waals surface area contributed by atoms with Crippen LogP contribution < -0.4 is 0 Å². The average Bonchev–Trinajstić information content (AvgIpc) is 3.06. The van der Waals surface area contributed by atoms with Crippen molar-refractivity contribution in [2.24, 2.45) is 29.6 Å². The van der Waals surface area contributed by atoms with Gasteiger partial charge in [0, 0.05) is 5.92 Å². The molecule has 1 aromatic carbocycles.